The summed E-state index contributed by atoms with van der Waals surface area (Å²) in [5.41, 5.74) is 10.0. The maximum Gasteiger partial charge on any atom is 0.135 e. The molecule has 0 aliphatic carbocycles. The predicted molar refractivity (Wildman–Crippen MR) is 213 cm³/mol. The van der Waals surface area contributed by atoms with Crippen molar-refractivity contribution in [3.8, 4) is 17.3 Å². The van der Waals surface area contributed by atoms with Crippen molar-refractivity contribution >= 4 is 33.2 Å². The molecule has 5 nitrogen and oxygen atoms in total. The number of ether oxygens (including phenoxy) is 1. The quantitative estimate of drug-likeness (QED) is 0.162. The fourth-order valence-electron chi connectivity index (χ4n) is 6.71. The van der Waals surface area contributed by atoms with E-state index in [1.165, 1.54) is 16.8 Å². The van der Waals surface area contributed by atoms with Crippen LogP contribution in [0.3, 0.4) is 0 Å². The van der Waals surface area contributed by atoms with E-state index >= 15 is 0 Å². The summed E-state index contributed by atoms with van der Waals surface area (Å²) >= 11 is 0. The van der Waals surface area contributed by atoms with Crippen LogP contribution in [-0.2, 0) is 37.3 Å². The standard InChI is InChI=1S/C46H49N4O.Pt/c1-30-31(2)49(29-48(30)35-16-14-15-32(23-35)44(3,4)5)36-24-34(46(9,10)11)25-38(27-36)51-37-19-20-40-39-17-12-13-18-41(39)50(42(40)28-37)43-26-33(21-22-47-43)45(6,7)8;/h12-26,29H,1-11H3;/q-3;. The van der Waals surface area contributed by atoms with Crippen LogP contribution in [-0.4, -0.2) is 9.55 Å². The number of nitrogens with zero attached hydrogens (tertiary/aromatic N) is 4. The van der Waals surface area contributed by atoms with Crippen molar-refractivity contribution < 1.29 is 25.8 Å². The first-order valence-corrected chi connectivity index (χ1v) is 17.9. The van der Waals surface area contributed by atoms with Gasteiger partial charge in [-0.2, -0.15) is 6.07 Å². The van der Waals surface area contributed by atoms with Crippen molar-refractivity contribution in [2.75, 3.05) is 9.80 Å². The summed E-state index contributed by atoms with van der Waals surface area (Å²) in [4.78, 5) is 9.33. The second-order valence-corrected chi connectivity index (χ2v) is 16.9. The van der Waals surface area contributed by atoms with E-state index in [1.54, 1.807) is 0 Å². The van der Waals surface area contributed by atoms with E-state index in [9.17, 15) is 0 Å². The zero-order valence-corrected chi connectivity index (χ0v) is 34.5. The molecule has 0 unspecified atom stereocenters. The van der Waals surface area contributed by atoms with E-state index in [-0.39, 0.29) is 37.3 Å². The monoisotopic (exact) mass is 868 g/mol. The van der Waals surface area contributed by atoms with Crippen LogP contribution in [0.5, 0.6) is 11.5 Å². The van der Waals surface area contributed by atoms with Crippen LogP contribution < -0.4 is 14.5 Å². The van der Waals surface area contributed by atoms with Crippen molar-refractivity contribution in [1.82, 2.24) is 9.55 Å². The van der Waals surface area contributed by atoms with Gasteiger partial charge in [0, 0.05) is 61.4 Å². The molecule has 0 spiro atoms. The summed E-state index contributed by atoms with van der Waals surface area (Å²) in [5.74, 6) is 2.14. The second kappa shape index (κ2) is 13.6. The Hall–Kier alpha value is -4.34. The zero-order chi connectivity index (χ0) is 36.5. The minimum atomic E-state index is -0.112. The molecule has 0 atom stereocenters. The van der Waals surface area contributed by atoms with Gasteiger partial charge in [-0.1, -0.05) is 98.2 Å². The molecular formula is C46H49N4OPt-3. The molecule has 52 heavy (non-hydrogen) atoms. The number of pyridine rings is 1. The molecule has 0 bridgehead atoms. The average Bonchev–Trinajstić information content (AvgIpc) is 3.56. The Labute approximate surface area is 324 Å². The smallest absolute Gasteiger partial charge is 0.135 e. The number of rotatable bonds is 5. The van der Waals surface area contributed by atoms with Crippen molar-refractivity contribution in [2.45, 2.75) is 92.4 Å². The van der Waals surface area contributed by atoms with E-state index in [0.29, 0.717) is 11.5 Å². The number of allylic oxidation sites excluding steroid dienone is 2. The van der Waals surface area contributed by atoms with Crippen molar-refractivity contribution in [3.63, 3.8) is 0 Å². The van der Waals surface area contributed by atoms with Crippen LogP contribution in [0, 0.1) is 18.8 Å². The van der Waals surface area contributed by atoms with Gasteiger partial charge in [-0.05, 0) is 76.9 Å². The molecule has 1 aliphatic rings. The number of para-hydroxylation sites is 1. The topological polar surface area (TPSA) is 33.5 Å². The van der Waals surface area contributed by atoms with E-state index in [0.717, 1.165) is 50.3 Å². The van der Waals surface area contributed by atoms with E-state index in [2.05, 4.69) is 188 Å². The Balaban J connectivity index is 0.00000464. The van der Waals surface area contributed by atoms with Gasteiger partial charge >= 0.3 is 0 Å². The molecule has 2 aromatic heterocycles. The van der Waals surface area contributed by atoms with Gasteiger partial charge in [0.1, 0.15) is 5.82 Å². The Bertz CT molecular complexity index is 2310. The van der Waals surface area contributed by atoms with E-state index in [4.69, 9.17) is 9.72 Å². The van der Waals surface area contributed by atoms with E-state index < -0.39 is 0 Å². The zero-order valence-electron chi connectivity index (χ0n) is 32.3. The fourth-order valence-corrected chi connectivity index (χ4v) is 6.71. The molecule has 6 aromatic rings. The Morgan fingerprint density at radius 1 is 0.615 bits per heavy atom. The SMILES string of the molecule is CC1=C(C)N(c2cccc(C(C)(C)C)c2)[CH-]N1c1[c-]c(Oc2[c-]c3c(cc2)c2ccccc2n3-c2cc(C(C)(C)C)ccn2)cc(C(C)(C)C)c1.[Pt]. The van der Waals surface area contributed by atoms with Gasteiger partial charge in [0.05, 0.1) is 0 Å². The minimum absolute atomic E-state index is 0. The molecule has 7 rings (SSSR count). The summed E-state index contributed by atoms with van der Waals surface area (Å²) in [6.45, 7) is 26.7. The van der Waals surface area contributed by atoms with Gasteiger partial charge < -0.3 is 19.1 Å². The molecule has 0 N–H and O–H groups in total. The van der Waals surface area contributed by atoms with Gasteiger partial charge in [0.15, 0.2) is 0 Å². The number of fused-ring (bicyclic) bond motifs is 3. The largest absolute Gasteiger partial charge is 0.509 e. The summed E-state index contributed by atoms with van der Waals surface area (Å²) in [6.07, 6.45) is 1.90. The second-order valence-electron chi connectivity index (χ2n) is 16.9. The van der Waals surface area contributed by atoms with Crippen LogP contribution in [0.15, 0.2) is 103 Å². The molecular weight excluding hydrogens is 820 g/mol. The first-order valence-electron chi connectivity index (χ1n) is 17.9. The van der Waals surface area contributed by atoms with E-state index in [1.807, 2.05) is 12.3 Å². The summed E-state index contributed by atoms with van der Waals surface area (Å²) in [7, 11) is 0. The minimum Gasteiger partial charge on any atom is -0.509 e. The van der Waals surface area contributed by atoms with Gasteiger partial charge in [-0.25, -0.2) is 4.98 Å². The fraction of sp³-hybridized carbons (Fsp3) is 0.304. The van der Waals surface area contributed by atoms with Crippen LogP contribution in [0.4, 0.5) is 11.4 Å². The van der Waals surface area contributed by atoms with Gasteiger partial charge in [0.2, 0.25) is 0 Å². The van der Waals surface area contributed by atoms with Gasteiger partial charge in [-0.15, -0.1) is 53.6 Å². The molecule has 1 aliphatic heterocycles. The third kappa shape index (κ3) is 7.05. The van der Waals surface area contributed by atoms with Gasteiger partial charge in [0.25, 0.3) is 0 Å². The number of benzene rings is 4. The number of hydrogen-bond donors (Lipinski definition) is 0. The molecule has 3 heterocycles. The van der Waals surface area contributed by atoms with Crippen molar-refractivity contribution in [2.24, 2.45) is 0 Å². The Kier molecular flexibility index (Phi) is 9.77. The molecule has 272 valence electrons. The molecule has 0 saturated heterocycles. The maximum atomic E-state index is 6.70. The van der Waals surface area contributed by atoms with Crippen LogP contribution in [0.25, 0.3) is 27.6 Å². The van der Waals surface area contributed by atoms with Crippen LogP contribution in [0.1, 0.15) is 92.9 Å². The molecule has 6 heteroatoms. The maximum absolute atomic E-state index is 6.70. The molecule has 4 aromatic carbocycles. The van der Waals surface area contributed by atoms with Gasteiger partial charge in [-0.3, -0.25) is 0 Å². The number of anilines is 2. The Morgan fingerprint density at radius 2 is 1.29 bits per heavy atom. The Morgan fingerprint density at radius 3 is 2.00 bits per heavy atom. The predicted octanol–water partition coefficient (Wildman–Crippen LogP) is 12.2. The normalized spacial score (nSPS) is 14.1. The summed E-state index contributed by atoms with van der Waals surface area (Å²) in [5, 5.41) is 2.26. The third-order valence-corrected chi connectivity index (χ3v) is 10.0. The number of hydrogen-bond acceptors (Lipinski definition) is 4. The average molecular weight is 869 g/mol. The number of aromatic nitrogens is 2. The molecule has 0 saturated carbocycles. The molecule has 0 fully saturated rings. The van der Waals surface area contributed by atoms with Crippen LogP contribution >= 0.6 is 0 Å². The van der Waals surface area contributed by atoms with Crippen molar-refractivity contribution in [3.05, 3.63) is 138 Å². The summed E-state index contributed by atoms with van der Waals surface area (Å²) < 4.78 is 8.90. The summed E-state index contributed by atoms with van der Waals surface area (Å²) in [6, 6.07) is 37.3. The third-order valence-electron chi connectivity index (χ3n) is 10.0. The molecule has 0 radical (unpaired) electrons. The molecule has 0 amide bonds. The first kappa shape index (κ1) is 37.4. The van der Waals surface area contributed by atoms with Crippen LogP contribution in [0.2, 0.25) is 0 Å². The van der Waals surface area contributed by atoms with Crippen molar-refractivity contribution in [1.29, 1.82) is 0 Å². The first-order chi connectivity index (χ1) is 24.0.